The van der Waals surface area contributed by atoms with Crippen LogP contribution in [0.3, 0.4) is 0 Å². The molecule has 2 unspecified atom stereocenters. The monoisotopic (exact) mass is 559 g/mol. The summed E-state index contributed by atoms with van der Waals surface area (Å²) in [7, 11) is 0. The molecule has 2 bridgehead atoms. The van der Waals surface area contributed by atoms with E-state index in [0.29, 0.717) is 32.6 Å². The summed E-state index contributed by atoms with van der Waals surface area (Å²) in [5.41, 5.74) is 0. The topological polar surface area (TPSA) is 81.2 Å². The van der Waals surface area contributed by atoms with Gasteiger partial charge in [-0.15, -0.1) is 24.9 Å². The van der Waals surface area contributed by atoms with E-state index in [-0.39, 0.29) is 35.1 Å². The molecule has 3 aliphatic heterocycles. The van der Waals surface area contributed by atoms with Gasteiger partial charge in [0.2, 0.25) is 17.7 Å². The number of carbonyl (C=O) groups excluding carboxylic acids is 3. The van der Waals surface area contributed by atoms with Crippen LogP contribution in [0.1, 0.15) is 84.5 Å². The Balaban J connectivity index is 1.72. The Morgan fingerprint density at radius 2 is 1.79 bits per heavy atom. The average molecular weight is 560 g/mol. The Labute approximate surface area is 239 Å². The summed E-state index contributed by atoms with van der Waals surface area (Å²) >= 11 is 1.76. The number of likely N-dealkylation sites (tertiary alicyclic amines) is 1. The summed E-state index contributed by atoms with van der Waals surface area (Å²) in [6.45, 7) is 14.2. The molecule has 4 rings (SSSR count). The average Bonchev–Trinajstić information content (AvgIpc) is 3.50. The number of nitrogens with zero attached hydrogens (tertiary/aromatic N) is 3. The third-order valence-corrected chi connectivity index (χ3v) is 11.6. The standard InChI is InChI=1S/C31H49N3O4S/c1-5-18-32(19-6-2)27(36)24-25-28(37)34(21-12-9-13-22-35)26(31(25)17-16-30(24,4)39-31)29(38)33(20-7-3)23-14-10-8-11-15-23/h5,7,23-26,35H,1,3,6,8-22H2,2,4H3/t24-,25-,26?,30+,31?/m0/s1. The third kappa shape index (κ3) is 5.44. The molecule has 0 aromatic carbocycles. The van der Waals surface area contributed by atoms with Gasteiger partial charge in [0.25, 0.3) is 0 Å². The summed E-state index contributed by atoms with van der Waals surface area (Å²) in [6, 6.07) is -0.384. The van der Waals surface area contributed by atoms with Gasteiger partial charge in [0.1, 0.15) is 6.04 Å². The van der Waals surface area contributed by atoms with E-state index >= 15 is 0 Å². The van der Waals surface area contributed by atoms with Gasteiger partial charge >= 0.3 is 0 Å². The molecule has 3 saturated heterocycles. The molecule has 8 heteroatoms. The molecule has 0 radical (unpaired) electrons. The Hall–Kier alpha value is -1.80. The first-order valence-electron chi connectivity index (χ1n) is 15.2. The molecule has 4 fully saturated rings. The van der Waals surface area contributed by atoms with E-state index in [1.54, 1.807) is 17.8 Å². The van der Waals surface area contributed by atoms with Crippen LogP contribution in [0.2, 0.25) is 0 Å². The quantitative estimate of drug-likeness (QED) is 0.252. The minimum absolute atomic E-state index is 0.0242. The molecule has 0 aromatic rings. The Morgan fingerprint density at radius 3 is 2.44 bits per heavy atom. The van der Waals surface area contributed by atoms with Gasteiger partial charge in [-0.3, -0.25) is 14.4 Å². The lowest BCUT2D eigenvalue weighted by Crippen LogP contribution is -2.57. The van der Waals surface area contributed by atoms with Crippen LogP contribution in [0.4, 0.5) is 0 Å². The van der Waals surface area contributed by atoms with E-state index in [2.05, 4.69) is 27.0 Å². The van der Waals surface area contributed by atoms with Gasteiger partial charge in [-0.25, -0.2) is 0 Å². The first-order valence-corrected chi connectivity index (χ1v) is 16.0. The molecule has 1 saturated carbocycles. The van der Waals surface area contributed by atoms with Crippen LogP contribution in [0, 0.1) is 11.8 Å². The second-order valence-corrected chi connectivity index (χ2v) is 14.1. The van der Waals surface area contributed by atoms with Crippen LogP contribution >= 0.6 is 11.8 Å². The molecule has 3 heterocycles. The minimum Gasteiger partial charge on any atom is -0.396 e. The zero-order chi connectivity index (χ0) is 28.2. The number of carbonyl (C=O) groups is 3. The van der Waals surface area contributed by atoms with Crippen LogP contribution in [-0.4, -0.2) is 91.9 Å². The molecule has 7 nitrogen and oxygen atoms in total. The molecule has 1 spiro atoms. The number of hydrogen-bond acceptors (Lipinski definition) is 5. The lowest BCUT2D eigenvalue weighted by molar-refractivity contribution is -0.146. The molecular formula is C31H49N3O4S. The Bertz CT molecular complexity index is 937. The first kappa shape index (κ1) is 30.2. The van der Waals surface area contributed by atoms with E-state index in [9.17, 15) is 19.5 Å². The fourth-order valence-electron chi connectivity index (χ4n) is 7.91. The van der Waals surface area contributed by atoms with E-state index in [1.807, 2.05) is 20.8 Å². The molecule has 1 aliphatic carbocycles. The van der Waals surface area contributed by atoms with Crippen molar-refractivity contribution in [1.29, 1.82) is 0 Å². The minimum atomic E-state index is -0.583. The molecule has 3 amide bonds. The number of rotatable bonds is 14. The van der Waals surface area contributed by atoms with Gasteiger partial charge in [-0.1, -0.05) is 38.3 Å². The van der Waals surface area contributed by atoms with Crippen LogP contribution in [0.5, 0.6) is 0 Å². The van der Waals surface area contributed by atoms with E-state index in [4.69, 9.17) is 0 Å². The van der Waals surface area contributed by atoms with Crippen LogP contribution < -0.4 is 0 Å². The van der Waals surface area contributed by atoms with Crippen molar-refractivity contribution in [3.05, 3.63) is 25.3 Å². The van der Waals surface area contributed by atoms with Crippen molar-refractivity contribution in [2.75, 3.05) is 32.8 Å². The van der Waals surface area contributed by atoms with Gasteiger partial charge in [0.15, 0.2) is 0 Å². The van der Waals surface area contributed by atoms with Crippen molar-refractivity contribution in [3.8, 4) is 0 Å². The van der Waals surface area contributed by atoms with Crippen molar-refractivity contribution in [3.63, 3.8) is 0 Å². The van der Waals surface area contributed by atoms with E-state index < -0.39 is 22.6 Å². The van der Waals surface area contributed by atoms with Crippen molar-refractivity contribution >= 4 is 29.5 Å². The SMILES string of the molecule is C=CCN(CCC)C(=O)[C@@H]1[C@H]2C(=O)N(CCCCCO)C(C(=O)N(CC=C)C3CCCCC3)C23CC[C@@]1(C)S3. The normalized spacial score (nSPS) is 31.8. The van der Waals surface area contributed by atoms with Crippen molar-refractivity contribution in [1.82, 2.24) is 14.7 Å². The van der Waals surface area contributed by atoms with Crippen molar-refractivity contribution < 1.29 is 19.5 Å². The second kappa shape index (κ2) is 12.8. The summed E-state index contributed by atoms with van der Waals surface area (Å²) < 4.78 is -0.944. The lowest BCUT2D eigenvalue weighted by Gasteiger charge is -2.41. The fraction of sp³-hybridized carbons (Fsp3) is 0.774. The molecule has 0 aromatic heterocycles. The van der Waals surface area contributed by atoms with E-state index in [1.165, 1.54) is 6.42 Å². The maximum atomic E-state index is 14.6. The van der Waals surface area contributed by atoms with E-state index in [0.717, 1.165) is 57.8 Å². The highest BCUT2D eigenvalue weighted by molar-refractivity contribution is 8.02. The van der Waals surface area contributed by atoms with Crippen LogP contribution in [0.15, 0.2) is 25.3 Å². The summed E-state index contributed by atoms with van der Waals surface area (Å²) in [6.07, 6.45) is 13.7. The fourth-order valence-corrected chi connectivity index (χ4v) is 10.3. The summed E-state index contributed by atoms with van der Waals surface area (Å²) in [4.78, 5) is 48.9. The first-order chi connectivity index (χ1) is 18.8. The maximum Gasteiger partial charge on any atom is 0.247 e. The molecule has 4 aliphatic rings. The highest BCUT2D eigenvalue weighted by Crippen LogP contribution is 2.71. The highest BCUT2D eigenvalue weighted by atomic mass is 32.2. The number of hydrogen-bond donors (Lipinski definition) is 1. The van der Waals surface area contributed by atoms with Crippen molar-refractivity contribution in [2.45, 2.75) is 106 Å². The molecule has 218 valence electrons. The van der Waals surface area contributed by atoms with Crippen LogP contribution in [-0.2, 0) is 14.4 Å². The lowest BCUT2D eigenvalue weighted by atomic mass is 9.66. The number of unbranched alkanes of at least 4 members (excludes halogenated alkanes) is 2. The molecule has 39 heavy (non-hydrogen) atoms. The van der Waals surface area contributed by atoms with Gasteiger partial charge in [-0.05, 0) is 58.3 Å². The van der Waals surface area contributed by atoms with Gasteiger partial charge < -0.3 is 19.8 Å². The molecule has 5 atom stereocenters. The maximum absolute atomic E-state index is 14.6. The summed E-state index contributed by atoms with van der Waals surface area (Å²) in [5, 5.41) is 9.30. The number of thioether (sulfide) groups is 1. The Morgan fingerprint density at radius 1 is 1.08 bits per heavy atom. The van der Waals surface area contributed by atoms with Gasteiger partial charge in [0.05, 0.1) is 16.6 Å². The molecular weight excluding hydrogens is 510 g/mol. The molecule has 1 N–H and O–H groups in total. The third-order valence-electron chi connectivity index (χ3n) is 9.61. The number of aliphatic hydroxyl groups is 1. The highest BCUT2D eigenvalue weighted by Gasteiger charge is 2.77. The predicted molar refractivity (Wildman–Crippen MR) is 157 cm³/mol. The second-order valence-electron chi connectivity index (χ2n) is 12.2. The smallest absolute Gasteiger partial charge is 0.247 e. The number of aliphatic hydroxyl groups excluding tert-OH is 1. The zero-order valence-electron chi connectivity index (χ0n) is 24.1. The number of amides is 3. The zero-order valence-corrected chi connectivity index (χ0v) is 24.9. The van der Waals surface area contributed by atoms with Crippen LogP contribution in [0.25, 0.3) is 0 Å². The number of fused-ring (bicyclic) bond motifs is 1. The summed E-state index contributed by atoms with van der Waals surface area (Å²) in [5.74, 6) is -0.863. The van der Waals surface area contributed by atoms with Gasteiger partial charge in [0, 0.05) is 43.6 Å². The predicted octanol–water partition coefficient (Wildman–Crippen LogP) is 4.40. The van der Waals surface area contributed by atoms with Gasteiger partial charge in [-0.2, -0.15) is 0 Å². The van der Waals surface area contributed by atoms with Crippen molar-refractivity contribution in [2.24, 2.45) is 11.8 Å². The Kier molecular flexibility index (Phi) is 9.90. The largest absolute Gasteiger partial charge is 0.396 e.